The Bertz CT molecular complexity index is 383. The molecule has 0 bridgehead atoms. The number of aliphatic carboxylic acids is 1. The highest BCUT2D eigenvalue weighted by Gasteiger charge is 2.60. The molecule has 3 saturated carbocycles. The summed E-state index contributed by atoms with van der Waals surface area (Å²) in [6.45, 7) is 1.64. The molecule has 0 aromatic heterocycles. The molecule has 4 nitrogen and oxygen atoms in total. The molecule has 0 radical (unpaired) electrons. The van der Waals surface area contributed by atoms with Gasteiger partial charge < -0.3 is 10.0 Å². The Morgan fingerprint density at radius 2 is 1.89 bits per heavy atom. The Morgan fingerprint density at radius 1 is 1.28 bits per heavy atom. The molecule has 2 atom stereocenters. The Labute approximate surface area is 107 Å². The molecule has 0 aromatic carbocycles. The molecular formula is C14H21NO3. The van der Waals surface area contributed by atoms with Crippen molar-refractivity contribution >= 4 is 11.9 Å². The molecule has 100 valence electrons. The van der Waals surface area contributed by atoms with E-state index in [9.17, 15) is 9.59 Å². The van der Waals surface area contributed by atoms with E-state index < -0.39 is 12.0 Å². The number of amides is 1. The third-order valence-corrected chi connectivity index (χ3v) is 5.06. The van der Waals surface area contributed by atoms with Gasteiger partial charge in [-0.2, -0.15) is 0 Å². The molecule has 4 heteroatoms. The number of carboxylic acids is 1. The van der Waals surface area contributed by atoms with Gasteiger partial charge in [0.1, 0.15) is 6.04 Å². The van der Waals surface area contributed by atoms with E-state index in [1.807, 2.05) is 0 Å². The van der Waals surface area contributed by atoms with Gasteiger partial charge in [-0.3, -0.25) is 4.79 Å². The highest BCUT2D eigenvalue weighted by molar-refractivity contribution is 5.88. The third-order valence-electron chi connectivity index (χ3n) is 5.06. The van der Waals surface area contributed by atoms with E-state index in [0.717, 1.165) is 19.3 Å². The van der Waals surface area contributed by atoms with Gasteiger partial charge in [-0.25, -0.2) is 4.79 Å². The normalized spacial score (nSPS) is 30.2. The van der Waals surface area contributed by atoms with E-state index in [2.05, 4.69) is 0 Å². The fourth-order valence-corrected chi connectivity index (χ4v) is 3.67. The third kappa shape index (κ3) is 1.82. The Hall–Kier alpha value is -1.06. The second kappa shape index (κ2) is 3.97. The van der Waals surface area contributed by atoms with Gasteiger partial charge in [-0.15, -0.1) is 0 Å². The Kier molecular flexibility index (Phi) is 2.65. The summed E-state index contributed by atoms with van der Waals surface area (Å²) in [7, 11) is 0. The monoisotopic (exact) mass is 251 g/mol. The Morgan fingerprint density at radius 3 is 2.39 bits per heavy atom. The number of carbonyl (C=O) groups excluding carboxylic acids is 1. The molecule has 2 unspecified atom stereocenters. The molecular weight excluding hydrogens is 230 g/mol. The van der Waals surface area contributed by atoms with Crippen molar-refractivity contribution in [2.75, 3.05) is 0 Å². The number of hydrogen-bond acceptors (Lipinski definition) is 2. The van der Waals surface area contributed by atoms with Gasteiger partial charge in [0, 0.05) is 12.0 Å². The summed E-state index contributed by atoms with van der Waals surface area (Å²) in [4.78, 5) is 25.4. The lowest BCUT2D eigenvalue weighted by Crippen LogP contribution is -2.46. The topological polar surface area (TPSA) is 57.6 Å². The second-order valence-electron chi connectivity index (χ2n) is 6.32. The quantitative estimate of drug-likeness (QED) is 0.831. The van der Waals surface area contributed by atoms with Crippen molar-refractivity contribution in [3.05, 3.63) is 0 Å². The van der Waals surface area contributed by atoms with Crippen LogP contribution in [0.1, 0.15) is 51.9 Å². The number of carboxylic acid groups (broad SMARTS) is 1. The van der Waals surface area contributed by atoms with Crippen LogP contribution < -0.4 is 0 Å². The van der Waals surface area contributed by atoms with Crippen molar-refractivity contribution in [1.82, 2.24) is 4.90 Å². The van der Waals surface area contributed by atoms with Gasteiger partial charge in [0.2, 0.25) is 5.91 Å². The zero-order chi connectivity index (χ0) is 12.9. The molecule has 18 heavy (non-hydrogen) atoms. The first-order valence-corrected chi connectivity index (χ1v) is 7.10. The highest BCUT2D eigenvalue weighted by atomic mass is 16.4. The minimum Gasteiger partial charge on any atom is -0.480 e. The maximum Gasteiger partial charge on any atom is 0.326 e. The fourth-order valence-electron chi connectivity index (χ4n) is 3.67. The van der Waals surface area contributed by atoms with E-state index in [0.29, 0.717) is 0 Å². The molecule has 0 aromatic rings. The van der Waals surface area contributed by atoms with Crippen LogP contribution in [0.15, 0.2) is 0 Å². The van der Waals surface area contributed by atoms with Crippen molar-refractivity contribution in [1.29, 1.82) is 0 Å². The maximum atomic E-state index is 12.6. The molecule has 0 aliphatic heterocycles. The minimum atomic E-state index is -0.878. The van der Waals surface area contributed by atoms with Crippen LogP contribution in [0.5, 0.6) is 0 Å². The van der Waals surface area contributed by atoms with Gasteiger partial charge in [0.25, 0.3) is 0 Å². The largest absolute Gasteiger partial charge is 0.480 e. The highest BCUT2D eigenvalue weighted by Crippen LogP contribution is 2.63. The van der Waals surface area contributed by atoms with Crippen LogP contribution >= 0.6 is 0 Å². The number of rotatable bonds is 4. The molecule has 3 aliphatic carbocycles. The second-order valence-corrected chi connectivity index (χ2v) is 6.32. The van der Waals surface area contributed by atoms with Crippen molar-refractivity contribution < 1.29 is 14.7 Å². The van der Waals surface area contributed by atoms with Gasteiger partial charge in [-0.1, -0.05) is 12.8 Å². The average molecular weight is 251 g/mol. The number of carbonyl (C=O) groups is 2. The fraction of sp³-hybridized carbons (Fsp3) is 0.857. The van der Waals surface area contributed by atoms with Crippen LogP contribution in [0.4, 0.5) is 0 Å². The van der Waals surface area contributed by atoms with Crippen LogP contribution in [0.25, 0.3) is 0 Å². The molecule has 0 saturated heterocycles. The molecule has 3 fully saturated rings. The number of hydrogen-bond donors (Lipinski definition) is 1. The Balaban J connectivity index is 1.71. The lowest BCUT2D eigenvalue weighted by Gasteiger charge is -2.27. The van der Waals surface area contributed by atoms with Gasteiger partial charge in [0.05, 0.1) is 0 Å². The van der Waals surface area contributed by atoms with E-state index in [1.54, 1.807) is 11.8 Å². The summed E-state index contributed by atoms with van der Waals surface area (Å²) >= 11 is 0. The zero-order valence-corrected chi connectivity index (χ0v) is 10.9. The average Bonchev–Trinajstić information content (AvgIpc) is 3.18. The van der Waals surface area contributed by atoms with Gasteiger partial charge in [0.15, 0.2) is 0 Å². The molecule has 3 aliphatic rings. The predicted molar refractivity (Wildman–Crippen MR) is 66.0 cm³/mol. The van der Waals surface area contributed by atoms with E-state index in [1.165, 1.54) is 25.7 Å². The van der Waals surface area contributed by atoms with E-state index in [-0.39, 0.29) is 23.3 Å². The first-order chi connectivity index (χ1) is 8.55. The summed E-state index contributed by atoms with van der Waals surface area (Å²) in [6.07, 6.45) is 7.77. The first kappa shape index (κ1) is 12.0. The van der Waals surface area contributed by atoms with Crippen LogP contribution in [-0.2, 0) is 9.59 Å². The minimum absolute atomic E-state index is 0.120. The molecule has 0 heterocycles. The maximum absolute atomic E-state index is 12.6. The van der Waals surface area contributed by atoms with Gasteiger partial charge >= 0.3 is 5.97 Å². The molecule has 1 spiro atoms. The molecule has 1 N–H and O–H groups in total. The van der Waals surface area contributed by atoms with E-state index in [4.69, 9.17) is 5.11 Å². The number of nitrogens with zero attached hydrogens (tertiary/aromatic N) is 1. The predicted octanol–water partition coefficient (Wildman–Crippen LogP) is 2.03. The summed E-state index contributed by atoms with van der Waals surface area (Å²) < 4.78 is 0. The van der Waals surface area contributed by atoms with Crippen molar-refractivity contribution in [3.63, 3.8) is 0 Å². The lowest BCUT2D eigenvalue weighted by molar-refractivity contribution is -0.151. The summed E-state index contributed by atoms with van der Waals surface area (Å²) in [5, 5.41) is 9.14. The van der Waals surface area contributed by atoms with Crippen molar-refractivity contribution in [2.45, 2.75) is 64.0 Å². The zero-order valence-electron chi connectivity index (χ0n) is 10.9. The summed E-state index contributed by atoms with van der Waals surface area (Å²) in [6, 6.07) is -0.466. The SMILES string of the molecule is CC(C(=O)O)N(C(=O)C1CC12CCCC2)C1CC1. The van der Waals surface area contributed by atoms with Gasteiger partial charge in [-0.05, 0) is 44.4 Å². The van der Waals surface area contributed by atoms with E-state index >= 15 is 0 Å². The van der Waals surface area contributed by atoms with Crippen molar-refractivity contribution in [2.24, 2.45) is 11.3 Å². The first-order valence-electron chi connectivity index (χ1n) is 7.10. The molecule has 1 amide bonds. The van der Waals surface area contributed by atoms with Crippen LogP contribution in [0.3, 0.4) is 0 Å². The van der Waals surface area contributed by atoms with Crippen LogP contribution in [-0.4, -0.2) is 34.0 Å². The smallest absolute Gasteiger partial charge is 0.326 e. The standard InChI is InChI=1S/C14H21NO3/c1-9(13(17)18)15(10-4-5-10)12(16)11-8-14(11)6-2-3-7-14/h9-11H,2-8H2,1H3,(H,17,18). The summed E-state index contributed by atoms with van der Waals surface area (Å²) in [5.74, 6) is -0.631. The molecule has 3 rings (SSSR count). The van der Waals surface area contributed by atoms with Crippen LogP contribution in [0.2, 0.25) is 0 Å². The van der Waals surface area contributed by atoms with Crippen LogP contribution in [0, 0.1) is 11.3 Å². The summed E-state index contributed by atoms with van der Waals surface area (Å²) in [5.41, 5.74) is 0.266. The lowest BCUT2D eigenvalue weighted by atomic mass is 10.0. The van der Waals surface area contributed by atoms with Crippen molar-refractivity contribution in [3.8, 4) is 0 Å².